The number of rotatable bonds is 6. The van der Waals surface area contributed by atoms with Crippen LogP contribution < -0.4 is 14.7 Å². The zero-order chi connectivity index (χ0) is 18.8. The average Bonchev–Trinajstić information content (AvgIpc) is 3.31. The Morgan fingerprint density at radius 3 is 3.04 bits per heavy atom. The third kappa shape index (κ3) is 3.65. The zero-order valence-corrected chi connectivity index (χ0v) is 15.7. The van der Waals surface area contributed by atoms with E-state index in [-0.39, 0.29) is 17.9 Å². The minimum atomic E-state index is -0.0566. The number of carbonyl (C=O) groups is 1. The first-order valence-electron chi connectivity index (χ1n) is 9.54. The Morgan fingerprint density at radius 1 is 1.37 bits per heavy atom. The Morgan fingerprint density at radius 2 is 2.26 bits per heavy atom. The van der Waals surface area contributed by atoms with Crippen molar-refractivity contribution in [1.82, 2.24) is 15.4 Å². The van der Waals surface area contributed by atoms with Crippen LogP contribution in [0.4, 0.5) is 0 Å². The summed E-state index contributed by atoms with van der Waals surface area (Å²) in [4.78, 5) is 16.1. The van der Waals surface area contributed by atoms with Crippen molar-refractivity contribution in [1.29, 1.82) is 0 Å². The fourth-order valence-electron chi connectivity index (χ4n) is 3.59. The molecule has 27 heavy (non-hydrogen) atoms. The van der Waals surface area contributed by atoms with Gasteiger partial charge in [0.25, 0.3) is 0 Å². The molecule has 0 unspecified atom stereocenters. The third-order valence-corrected chi connectivity index (χ3v) is 5.15. The number of hydrogen-bond donors (Lipinski definition) is 2. The molecule has 140 valence electrons. The van der Waals surface area contributed by atoms with E-state index < -0.39 is 0 Å². The summed E-state index contributed by atoms with van der Waals surface area (Å²) in [5.74, 6) is 1.10. The molecule has 3 aromatic rings. The molecule has 0 bridgehead atoms. The Bertz CT molecular complexity index is 966. The van der Waals surface area contributed by atoms with Gasteiger partial charge in [0.1, 0.15) is 11.9 Å². The highest BCUT2D eigenvalue weighted by molar-refractivity contribution is 5.89. The van der Waals surface area contributed by atoms with Crippen molar-refractivity contribution in [3.8, 4) is 16.9 Å². The van der Waals surface area contributed by atoms with Gasteiger partial charge in [0, 0.05) is 36.9 Å². The number of fused-ring (bicyclic) bond motifs is 1. The minimum absolute atomic E-state index is 0.0566. The molecule has 0 aliphatic carbocycles. The fourth-order valence-corrected chi connectivity index (χ4v) is 3.59. The van der Waals surface area contributed by atoms with Crippen molar-refractivity contribution >= 4 is 16.8 Å². The maximum absolute atomic E-state index is 11.5. The largest absolute Gasteiger partial charge is 0.490 e. The molecule has 0 spiro atoms. The van der Waals surface area contributed by atoms with E-state index in [1.54, 1.807) is 6.20 Å². The number of ether oxygens (including phenoxy) is 1. The number of nitrogens with zero attached hydrogens (tertiary/aromatic N) is 2. The first-order chi connectivity index (χ1) is 13.1. The van der Waals surface area contributed by atoms with Gasteiger partial charge >= 0.3 is 0 Å². The number of pyridine rings is 1. The van der Waals surface area contributed by atoms with E-state index in [1.807, 2.05) is 25.3 Å². The molecular weight excluding hydrogens is 340 g/mol. The number of aryl methyl sites for hydroxylation is 1. The molecule has 6 nitrogen and oxygen atoms in total. The van der Waals surface area contributed by atoms with Crippen molar-refractivity contribution in [2.75, 3.05) is 6.54 Å². The van der Waals surface area contributed by atoms with Crippen molar-refractivity contribution in [3.63, 3.8) is 0 Å². The summed E-state index contributed by atoms with van der Waals surface area (Å²) in [7, 11) is 0. The van der Waals surface area contributed by atoms with E-state index in [9.17, 15) is 4.79 Å². The highest BCUT2D eigenvalue weighted by atomic mass is 16.5. The Labute approximate surface area is 158 Å². The number of carbonyl (C=O) groups excluding carboxylic acids is 1. The van der Waals surface area contributed by atoms with Gasteiger partial charge in [0.2, 0.25) is 12.1 Å². The van der Waals surface area contributed by atoms with Crippen LogP contribution in [0.15, 0.2) is 42.9 Å². The van der Waals surface area contributed by atoms with Gasteiger partial charge in [-0.3, -0.25) is 9.78 Å². The van der Waals surface area contributed by atoms with Crippen LogP contribution in [0.1, 0.15) is 26.7 Å². The summed E-state index contributed by atoms with van der Waals surface area (Å²) in [6, 6.07) is 8.11. The maximum Gasteiger partial charge on any atom is 0.220 e. The van der Waals surface area contributed by atoms with Gasteiger partial charge < -0.3 is 10.1 Å². The number of aromatic amines is 1. The van der Waals surface area contributed by atoms with E-state index in [1.165, 1.54) is 0 Å². The zero-order valence-electron chi connectivity index (χ0n) is 15.7. The van der Waals surface area contributed by atoms with E-state index in [0.717, 1.165) is 40.7 Å². The molecule has 1 aliphatic heterocycles. The highest BCUT2D eigenvalue weighted by Gasteiger charge is 2.28. The number of hydrogen-bond acceptors (Lipinski definition) is 3. The van der Waals surface area contributed by atoms with Crippen molar-refractivity contribution in [2.24, 2.45) is 5.92 Å². The van der Waals surface area contributed by atoms with Crippen molar-refractivity contribution < 1.29 is 14.2 Å². The van der Waals surface area contributed by atoms with Gasteiger partial charge in [-0.25, -0.2) is 0 Å². The standard InChI is InChI=1S/C21H24N4O2/c1-3-7-25-13-17(12-24-25)15-8-19-18(5-4-6-22-19)20(9-15)27-14(2)16-10-21(26)23-11-16/h4-6,8-9,12-14,16H,3,7,10-11H2,1-2H3,(H,23,26)/p+1/t14-,16-/m1/s1. The van der Waals surface area contributed by atoms with Crippen LogP contribution in [-0.2, 0) is 11.3 Å². The second kappa shape index (κ2) is 7.39. The number of benzene rings is 1. The number of aromatic nitrogens is 3. The maximum atomic E-state index is 11.5. The average molecular weight is 365 g/mol. The van der Waals surface area contributed by atoms with Gasteiger partial charge in [-0.1, -0.05) is 6.92 Å². The lowest BCUT2D eigenvalue weighted by molar-refractivity contribution is -0.749. The summed E-state index contributed by atoms with van der Waals surface area (Å²) in [5.41, 5.74) is 3.07. The fraction of sp³-hybridized carbons (Fsp3) is 0.381. The summed E-state index contributed by atoms with van der Waals surface area (Å²) in [6.07, 6.45) is 7.45. The molecule has 0 radical (unpaired) electrons. The minimum Gasteiger partial charge on any atom is -0.490 e. The smallest absolute Gasteiger partial charge is 0.220 e. The Balaban J connectivity index is 1.68. The molecule has 4 rings (SSSR count). The predicted molar refractivity (Wildman–Crippen MR) is 103 cm³/mol. The molecule has 2 aromatic heterocycles. The van der Waals surface area contributed by atoms with Gasteiger partial charge in [-0.15, -0.1) is 4.68 Å². The molecule has 1 aromatic carbocycles. The van der Waals surface area contributed by atoms with Crippen molar-refractivity contribution in [2.45, 2.75) is 39.3 Å². The Hall–Kier alpha value is -2.89. The second-order valence-electron chi connectivity index (χ2n) is 7.19. The van der Waals surface area contributed by atoms with Crippen LogP contribution in [0.2, 0.25) is 0 Å². The SMILES string of the molecule is CCC[n+]1cc(-c2cc(O[C@H](C)[C@H]3CNC(=O)C3)c3cccnc3c2)c[nH]1. The summed E-state index contributed by atoms with van der Waals surface area (Å²) in [6.45, 7) is 5.81. The third-order valence-electron chi connectivity index (χ3n) is 5.15. The van der Waals surface area contributed by atoms with E-state index in [4.69, 9.17) is 4.74 Å². The molecule has 3 heterocycles. The molecule has 6 heteroatoms. The van der Waals surface area contributed by atoms with Gasteiger partial charge in [-0.2, -0.15) is 5.10 Å². The van der Waals surface area contributed by atoms with Gasteiger partial charge in [0.15, 0.2) is 6.54 Å². The molecule has 1 aliphatic rings. The number of H-pyrrole nitrogens is 1. The molecule has 1 fully saturated rings. The summed E-state index contributed by atoms with van der Waals surface area (Å²) >= 11 is 0. The molecular formula is C21H25N4O2+. The highest BCUT2D eigenvalue weighted by Crippen LogP contribution is 2.33. The van der Waals surface area contributed by atoms with E-state index in [0.29, 0.717) is 13.0 Å². The molecule has 2 atom stereocenters. The van der Waals surface area contributed by atoms with Crippen LogP contribution in [0.3, 0.4) is 0 Å². The number of nitrogens with one attached hydrogen (secondary N) is 2. The van der Waals surface area contributed by atoms with Crippen LogP contribution in [0.5, 0.6) is 5.75 Å². The lowest BCUT2D eigenvalue weighted by atomic mass is 10.0. The lowest BCUT2D eigenvalue weighted by Crippen LogP contribution is -2.34. The van der Waals surface area contributed by atoms with Gasteiger partial charge in [-0.05, 0) is 36.8 Å². The van der Waals surface area contributed by atoms with Crippen LogP contribution in [0, 0.1) is 5.92 Å². The normalized spacial score (nSPS) is 17.9. The molecule has 2 N–H and O–H groups in total. The number of amides is 1. The predicted octanol–water partition coefficient (Wildman–Crippen LogP) is 2.83. The van der Waals surface area contributed by atoms with Gasteiger partial charge in [0.05, 0.1) is 17.3 Å². The second-order valence-corrected chi connectivity index (χ2v) is 7.19. The van der Waals surface area contributed by atoms with Crippen LogP contribution in [0.25, 0.3) is 22.0 Å². The molecule has 0 saturated carbocycles. The van der Waals surface area contributed by atoms with Crippen LogP contribution in [-0.4, -0.2) is 28.6 Å². The Kier molecular flexibility index (Phi) is 4.79. The van der Waals surface area contributed by atoms with E-state index >= 15 is 0 Å². The monoisotopic (exact) mass is 365 g/mol. The lowest BCUT2D eigenvalue weighted by Gasteiger charge is -2.21. The van der Waals surface area contributed by atoms with E-state index in [2.05, 4.69) is 45.3 Å². The summed E-state index contributed by atoms with van der Waals surface area (Å²) in [5, 5.41) is 7.15. The molecule has 1 saturated heterocycles. The quantitative estimate of drug-likeness (QED) is 0.660. The van der Waals surface area contributed by atoms with Crippen LogP contribution >= 0.6 is 0 Å². The first-order valence-corrected chi connectivity index (χ1v) is 9.54. The summed E-state index contributed by atoms with van der Waals surface area (Å²) < 4.78 is 8.41. The first kappa shape index (κ1) is 17.5. The van der Waals surface area contributed by atoms with Crippen molar-refractivity contribution in [3.05, 3.63) is 42.9 Å². The molecule has 1 amide bonds. The topological polar surface area (TPSA) is 70.9 Å².